The van der Waals surface area contributed by atoms with Crippen molar-refractivity contribution in [3.05, 3.63) is 23.3 Å². The summed E-state index contributed by atoms with van der Waals surface area (Å²) < 4.78 is 10.5. The van der Waals surface area contributed by atoms with E-state index in [-0.39, 0.29) is 0 Å². The minimum atomic E-state index is 0.520. The van der Waals surface area contributed by atoms with Gasteiger partial charge >= 0.3 is 0 Å². The summed E-state index contributed by atoms with van der Waals surface area (Å²) in [7, 11) is 3.25. The number of nitrogens with one attached hydrogen (secondary N) is 1. The Morgan fingerprint density at radius 1 is 1.24 bits per heavy atom. The second-order valence-corrected chi connectivity index (χ2v) is 3.72. The number of aryl methyl sites for hydroxylation is 1. The minimum Gasteiger partial charge on any atom is -0.493 e. The van der Waals surface area contributed by atoms with E-state index in [0.717, 1.165) is 29.2 Å². The van der Waals surface area contributed by atoms with Gasteiger partial charge in [-0.25, -0.2) is 0 Å². The molecule has 0 atom stereocenters. The van der Waals surface area contributed by atoms with Crippen molar-refractivity contribution in [2.24, 2.45) is 0 Å². The van der Waals surface area contributed by atoms with Crippen LogP contribution in [0.5, 0.6) is 11.5 Å². The number of rotatable bonds is 6. The molecule has 1 N–H and O–H groups in total. The van der Waals surface area contributed by atoms with Crippen LogP contribution in [-0.4, -0.2) is 20.8 Å². The lowest BCUT2D eigenvalue weighted by molar-refractivity contribution is 0.354. The number of ether oxygens (including phenoxy) is 2. The van der Waals surface area contributed by atoms with Gasteiger partial charge in [0, 0.05) is 19.5 Å². The standard InChI is InChI=1S/C13H18N2O2/c1-10-7-12(16-2)13(17-3)8-11(10)9-15-6-4-5-14/h7-8,15H,4,6,9H2,1-3H3. The van der Waals surface area contributed by atoms with Gasteiger partial charge in [-0.2, -0.15) is 5.26 Å². The molecule has 0 aliphatic heterocycles. The van der Waals surface area contributed by atoms with Gasteiger partial charge in [-0.1, -0.05) is 0 Å². The first-order valence-electron chi connectivity index (χ1n) is 5.52. The van der Waals surface area contributed by atoms with Gasteiger partial charge < -0.3 is 14.8 Å². The van der Waals surface area contributed by atoms with Crippen molar-refractivity contribution in [1.82, 2.24) is 5.32 Å². The van der Waals surface area contributed by atoms with Gasteiger partial charge in [-0.3, -0.25) is 0 Å². The fourth-order valence-electron chi connectivity index (χ4n) is 1.58. The molecule has 0 saturated carbocycles. The lowest BCUT2D eigenvalue weighted by Gasteiger charge is -2.13. The monoisotopic (exact) mass is 234 g/mol. The number of nitrogens with zero attached hydrogens (tertiary/aromatic N) is 1. The maximum absolute atomic E-state index is 8.44. The van der Waals surface area contributed by atoms with E-state index in [1.165, 1.54) is 0 Å². The molecule has 0 aromatic heterocycles. The van der Waals surface area contributed by atoms with E-state index in [9.17, 15) is 0 Å². The first kappa shape index (κ1) is 13.3. The summed E-state index contributed by atoms with van der Waals surface area (Å²) in [5.41, 5.74) is 2.30. The Morgan fingerprint density at radius 2 is 1.88 bits per heavy atom. The third-order valence-corrected chi connectivity index (χ3v) is 2.57. The molecule has 0 radical (unpaired) electrons. The topological polar surface area (TPSA) is 54.3 Å². The molecule has 0 saturated heterocycles. The lowest BCUT2D eigenvalue weighted by atomic mass is 10.1. The molecular weight excluding hydrogens is 216 g/mol. The zero-order valence-electron chi connectivity index (χ0n) is 10.5. The number of methoxy groups -OCH3 is 2. The van der Waals surface area contributed by atoms with Crippen molar-refractivity contribution in [2.75, 3.05) is 20.8 Å². The number of hydrogen-bond acceptors (Lipinski definition) is 4. The highest BCUT2D eigenvalue weighted by atomic mass is 16.5. The predicted octanol–water partition coefficient (Wildman–Crippen LogP) is 2.02. The van der Waals surface area contributed by atoms with Crippen molar-refractivity contribution >= 4 is 0 Å². The summed E-state index contributed by atoms with van der Waals surface area (Å²) in [5.74, 6) is 1.47. The third-order valence-electron chi connectivity index (χ3n) is 2.57. The molecule has 0 aliphatic rings. The molecule has 0 aliphatic carbocycles. The van der Waals surface area contributed by atoms with E-state index < -0.39 is 0 Å². The molecule has 1 aromatic rings. The Morgan fingerprint density at radius 3 is 2.47 bits per heavy atom. The highest BCUT2D eigenvalue weighted by molar-refractivity contribution is 5.46. The van der Waals surface area contributed by atoms with Crippen molar-refractivity contribution < 1.29 is 9.47 Å². The van der Waals surface area contributed by atoms with Crippen LogP contribution >= 0.6 is 0 Å². The molecule has 92 valence electrons. The summed E-state index contributed by atoms with van der Waals surface area (Å²) in [6.45, 7) is 3.46. The van der Waals surface area contributed by atoms with E-state index >= 15 is 0 Å². The van der Waals surface area contributed by atoms with Crippen LogP contribution in [0.15, 0.2) is 12.1 Å². The Balaban J connectivity index is 2.75. The van der Waals surface area contributed by atoms with Crippen LogP contribution < -0.4 is 14.8 Å². The van der Waals surface area contributed by atoms with E-state index in [1.54, 1.807) is 14.2 Å². The SMILES string of the molecule is COc1cc(C)c(CNCCC#N)cc1OC. The van der Waals surface area contributed by atoms with Gasteiger partial charge in [0.25, 0.3) is 0 Å². The second kappa shape index (κ2) is 6.77. The van der Waals surface area contributed by atoms with Crippen LogP contribution in [0.3, 0.4) is 0 Å². The molecule has 0 amide bonds. The first-order chi connectivity index (χ1) is 8.22. The van der Waals surface area contributed by atoms with Crippen LogP contribution in [0.2, 0.25) is 0 Å². The maximum Gasteiger partial charge on any atom is 0.161 e. The molecule has 1 aromatic carbocycles. The fourth-order valence-corrected chi connectivity index (χ4v) is 1.58. The predicted molar refractivity (Wildman–Crippen MR) is 66.2 cm³/mol. The molecule has 0 fully saturated rings. The van der Waals surface area contributed by atoms with Gasteiger partial charge in [0.15, 0.2) is 11.5 Å². The van der Waals surface area contributed by atoms with Gasteiger partial charge in [0.1, 0.15) is 0 Å². The largest absolute Gasteiger partial charge is 0.493 e. The molecule has 17 heavy (non-hydrogen) atoms. The minimum absolute atomic E-state index is 0.520. The molecule has 0 heterocycles. The van der Waals surface area contributed by atoms with Crippen LogP contribution in [0.1, 0.15) is 17.5 Å². The third kappa shape index (κ3) is 3.65. The van der Waals surface area contributed by atoms with E-state index in [0.29, 0.717) is 13.0 Å². The van der Waals surface area contributed by atoms with E-state index in [2.05, 4.69) is 11.4 Å². The molecule has 0 unspecified atom stereocenters. The van der Waals surface area contributed by atoms with Gasteiger partial charge in [-0.05, 0) is 30.2 Å². The fraction of sp³-hybridized carbons (Fsp3) is 0.462. The summed E-state index contributed by atoms with van der Waals surface area (Å²) in [4.78, 5) is 0. The van der Waals surface area contributed by atoms with Crippen molar-refractivity contribution in [3.8, 4) is 17.6 Å². The van der Waals surface area contributed by atoms with Crippen molar-refractivity contribution in [1.29, 1.82) is 5.26 Å². The van der Waals surface area contributed by atoms with Crippen molar-refractivity contribution in [2.45, 2.75) is 19.9 Å². The normalized spacial score (nSPS) is 9.76. The first-order valence-corrected chi connectivity index (χ1v) is 5.52. The maximum atomic E-state index is 8.44. The van der Waals surface area contributed by atoms with Gasteiger partial charge in [-0.15, -0.1) is 0 Å². The lowest BCUT2D eigenvalue weighted by Crippen LogP contribution is -2.15. The molecular formula is C13H18N2O2. The molecule has 0 spiro atoms. The summed E-state index contributed by atoms with van der Waals surface area (Å²) in [6, 6.07) is 6.03. The Labute approximate surface area is 102 Å². The van der Waals surface area contributed by atoms with Crippen molar-refractivity contribution in [3.63, 3.8) is 0 Å². The summed E-state index contributed by atoms with van der Waals surface area (Å²) in [5, 5.41) is 11.7. The van der Waals surface area contributed by atoms with Gasteiger partial charge in [0.2, 0.25) is 0 Å². The highest BCUT2D eigenvalue weighted by Crippen LogP contribution is 2.30. The molecule has 4 heteroatoms. The van der Waals surface area contributed by atoms with Crippen LogP contribution in [0.25, 0.3) is 0 Å². The summed E-state index contributed by atoms with van der Waals surface area (Å²) in [6.07, 6.45) is 0.520. The zero-order valence-corrected chi connectivity index (χ0v) is 10.5. The number of nitriles is 1. The second-order valence-electron chi connectivity index (χ2n) is 3.72. The highest BCUT2D eigenvalue weighted by Gasteiger charge is 2.07. The quantitative estimate of drug-likeness (QED) is 0.765. The van der Waals surface area contributed by atoms with E-state index in [1.807, 2.05) is 19.1 Å². The van der Waals surface area contributed by atoms with Crippen LogP contribution in [0, 0.1) is 18.3 Å². The van der Waals surface area contributed by atoms with E-state index in [4.69, 9.17) is 14.7 Å². The number of benzene rings is 1. The van der Waals surface area contributed by atoms with Crippen LogP contribution in [0.4, 0.5) is 0 Å². The number of hydrogen-bond donors (Lipinski definition) is 1. The average molecular weight is 234 g/mol. The Kier molecular flexibility index (Phi) is 5.31. The van der Waals surface area contributed by atoms with Gasteiger partial charge in [0.05, 0.1) is 20.3 Å². The summed E-state index contributed by atoms with van der Waals surface area (Å²) >= 11 is 0. The van der Waals surface area contributed by atoms with Crippen LogP contribution in [-0.2, 0) is 6.54 Å². The average Bonchev–Trinajstić information content (AvgIpc) is 2.35. The zero-order chi connectivity index (χ0) is 12.7. The Hall–Kier alpha value is -1.73. The smallest absolute Gasteiger partial charge is 0.161 e. The molecule has 1 rings (SSSR count). The molecule has 4 nitrogen and oxygen atoms in total. The Bertz CT molecular complexity index is 411. The molecule has 0 bridgehead atoms.